The molecule has 0 saturated heterocycles. The van der Waals surface area contributed by atoms with E-state index >= 15 is 0 Å². The first kappa shape index (κ1) is 16.3. The summed E-state index contributed by atoms with van der Waals surface area (Å²) in [6.07, 6.45) is 0. The molecule has 3 nitrogen and oxygen atoms in total. The van der Waals surface area contributed by atoms with Gasteiger partial charge in [0.15, 0.2) is 11.6 Å². The lowest BCUT2D eigenvalue weighted by molar-refractivity contribution is 0.547. The molecular weight excluding hydrogens is 439 g/mol. The van der Waals surface area contributed by atoms with Gasteiger partial charge in [0.25, 0.3) is 10.0 Å². The number of halogens is 5. The fourth-order valence-electron chi connectivity index (χ4n) is 1.51. The Hall–Kier alpha value is -1.06. The number of benzene rings is 2. The van der Waals surface area contributed by atoms with E-state index < -0.39 is 33.2 Å². The highest BCUT2D eigenvalue weighted by Crippen LogP contribution is 2.29. The van der Waals surface area contributed by atoms with E-state index in [4.69, 9.17) is 0 Å². The van der Waals surface area contributed by atoms with Gasteiger partial charge < -0.3 is 0 Å². The Morgan fingerprint density at radius 3 is 2.10 bits per heavy atom. The minimum absolute atomic E-state index is 0.209. The highest BCUT2D eigenvalue weighted by atomic mass is 79.9. The lowest BCUT2D eigenvalue weighted by Gasteiger charge is -2.11. The SMILES string of the molecule is O=S(=O)(Nc1c(F)cc(F)cc1F)c1cc(Br)ccc1Br. The maximum absolute atomic E-state index is 13.5. The molecule has 0 aromatic heterocycles. The summed E-state index contributed by atoms with van der Waals surface area (Å²) in [5.41, 5.74) is -0.941. The zero-order valence-corrected chi connectivity index (χ0v) is 14.0. The summed E-state index contributed by atoms with van der Waals surface area (Å²) in [6.45, 7) is 0. The van der Waals surface area contributed by atoms with Crippen molar-refractivity contribution in [3.63, 3.8) is 0 Å². The number of hydrogen-bond acceptors (Lipinski definition) is 2. The van der Waals surface area contributed by atoms with Crippen LogP contribution in [0.4, 0.5) is 18.9 Å². The third-order valence-electron chi connectivity index (χ3n) is 2.43. The molecule has 21 heavy (non-hydrogen) atoms. The highest BCUT2D eigenvalue weighted by molar-refractivity contribution is 9.11. The van der Waals surface area contributed by atoms with Crippen LogP contribution >= 0.6 is 31.9 Å². The minimum Gasteiger partial charge on any atom is -0.274 e. The Morgan fingerprint density at radius 2 is 1.52 bits per heavy atom. The van der Waals surface area contributed by atoms with Crippen molar-refractivity contribution in [1.29, 1.82) is 0 Å². The van der Waals surface area contributed by atoms with Gasteiger partial charge in [-0.3, -0.25) is 4.72 Å². The zero-order chi connectivity index (χ0) is 15.8. The van der Waals surface area contributed by atoms with Crippen molar-refractivity contribution in [1.82, 2.24) is 0 Å². The number of anilines is 1. The molecule has 112 valence electrons. The quantitative estimate of drug-likeness (QED) is 0.761. The van der Waals surface area contributed by atoms with Crippen LogP contribution in [0.25, 0.3) is 0 Å². The second kappa shape index (κ2) is 5.98. The molecule has 0 amide bonds. The van der Waals surface area contributed by atoms with Crippen molar-refractivity contribution in [2.24, 2.45) is 0 Å². The first-order valence-electron chi connectivity index (χ1n) is 5.33. The topological polar surface area (TPSA) is 46.2 Å². The second-order valence-corrected chi connectivity index (χ2v) is 7.35. The Labute approximate surface area is 135 Å². The monoisotopic (exact) mass is 443 g/mol. The molecule has 0 bridgehead atoms. The lowest BCUT2D eigenvalue weighted by Crippen LogP contribution is -2.16. The van der Waals surface area contributed by atoms with E-state index in [-0.39, 0.29) is 9.37 Å². The maximum Gasteiger partial charge on any atom is 0.263 e. The van der Waals surface area contributed by atoms with Gasteiger partial charge in [-0.05, 0) is 34.1 Å². The van der Waals surface area contributed by atoms with Gasteiger partial charge in [0.2, 0.25) is 0 Å². The van der Waals surface area contributed by atoms with E-state index in [0.29, 0.717) is 16.6 Å². The molecule has 0 unspecified atom stereocenters. The molecule has 2 rings (SSSR count). The number of hydrogen-bond donors (Lipinski definition) is 1. The van der Waals surface area contributed by atoms with Crippen LogP contribution in [-0.2, 0) is 10.0 Å². The van der Waals surface area contributed by atoms with E-state index in [1.165, 1.54) is 12.1 Å². The van der Waals surface area contributed by atoms with Gasteiger partial charge in [-0.15, -0.1) is 0 Å². The molecule has 0 aliphatic rings. The minimum atomic E-state index is -4.25. The summed E-state index contributed by atoms with van der Waals surface area (Å²) >= 11 is 6.14. The van der Waals surface area contributed by atoms with Gasteiger partial charge in [0.05, 0.1) is 0 Å². The summed E-state index contributed by atoms with van der Waals surface area (Å²) in [4.78, 5) is -0.222. The Kier molecular flexibility index (Phi) is 4.64. The summed E-state index contributed by atoms with van der Waals surface area (Å²) < 4.78 is 66.6. The molecule has 0 atom stereocenters. The smallest absolute Gasteiger partial charge is 0.263 e. The van der Waals surface area contributed by atoms with Crippen molar-refractivity contribution >= 4 is 47.6 Å². The molecule has 0 aliphatic carbocycles. The first-order valence-corrected chi connectivity index (χ1v) is 8.40. The van der Waals surface area contributed by atoms with E-state index in [1.54, 1.807) is 10.8 Å². The van der Waals surface area contributed by atoms with Crippen molar-refractivity contribution in [3.8, 4) is 0 Å². The average Bonchev–Trinajstić information content (AvgIpc) is 2.36. The molecular formula is C12H6Br2F3NO2S. The van der Waals surface area contributed by atoms with Crippen molar-refractivity contribution < 1.29 is 21.6 Å². The van der Waals surface area contributed by atoms with Crippen molar-refractivity contribution in [3.05, 3.63) is 56.7 Å². The molecule has 2 aromatic rings. The number of nitrogens with one attached hydrogen (secondary N) is 1. The average molecular weight is 445 g/mol. The third kappa shape index (κ3) is 3.58. The van der Waals surface area contributed by atoms with Crippen LogP contribution in [-0.4, -0.2) is 8.42 Å². The molecule has 0 saturated carbocycles. The van der Waals surface area contributed by atoms with Gasteiger partial charge in [0, 0.05) is 21.1 Å². The van der Waals surface area contributed by atoms with Crippen LogP contribution in [0.15, 0.2) is 44.2 Å². The molecule has 0 heterocycles. The van der Waals surface area contributed by atoms with Crippen LogP contribution in [0.5, 0.6) is 0 Å². The van der Waals surface area contributed by atoms with Gasteiger partial charge >= 0.3 is 0 Å². The molecule has 2 aromatic carbocycles. The molecule has 1 N–H and O–H groups in total. The van der Waals surface area contributed by atoms with E-state index in [9.17, 15) is 21.6 Å². The van der Waals surface area contributed by atoms with E-state index in [1.807, 2.05) is 0 Å². The summed E-state index contributed by atoms with van der Waals surface area (Å²) in [5.74, 6) is -3.83. The van der Waals surface area contributed by atoms with Crippen molar-refractivity contribution in [2.45, 2.75) is 4.90 Å². The van der Waals surface area contributed by atoms with Crippen LogP contribution < -0.4 is 4.72 Å². The third-order valence-corrected chi connectivity index (χ3v) is 5.26. The Balaban J connectivity index is 2.50. The molecule has 0 aliphatic heterocycles. The summed E-state index contributed by atoms with van der Waals surface area (Å²) in [5, 5.41) is 0. The largest absolute Gasteiger partial charge is 0.274 e. The zero-order valence-electron chi connectivity index (χ0n) is 10.0. The highest BCUT2D eigenvalue weighted by Gasteiger charge is 2.22. The van der Waals surface area contributed by atoms with Crippen LogP contribution in [0.1, 0.15) is 0 Å². The molecule has 0 fully saturated rings. The second-order valence-electron chi connectivity index (χ2n) is 3.92. The van der Waals surface area contributed by atoms with E-state index in [2.05, 4.69) is 31.9 Å². The molecule has 9 heteroatoms. The fraction of sp³-hybridized carbons (Fsp3) is 0. The fourth-order valence-corrected chi connectivity index (χ4v) is 4.09. The summed E-state index contributed by atoms with van der Waals surface area (Å²) in [6, 6.07) is 5.07. The molecule has 0 radical (unpaired) electrons. The van der Waals surface area contributed by atoms with Crippen molar-refractivity contribution in [2.75, 3.05) is 4.72 Å². The van der Waals surface area contributed by atoms with Gasteiger partial charge in [-0.1, -0.05) is 15.9 Å². The maximum atomic E-state index is 13.5. The standard InChI is InChI=1S/C12H6Br2F3NO2S/c13-6-1-2-8(14)11(3-6)21(19,20)18-12-9(16)4-7(15)5-10(12)17/h1-5,18H. The number of rotatable bonds is 3. The lowest BCUT2D eigenvalue weighted by atomic mass is 10.3. The van der Waals surface area contributed by atoms with Crippen LogP contribution in [0.2, 0.25) is 0 Å². The Morgan fingerprint density at radius 1 is 0.952 bits per heavy atom. The van der Waals surface area contributed by atoms with Gasteiger partial charge in [-0.2, -0.15) is 0 Å². The van der Waals surface area contributed by atoms with E-state index in [0.717, 1.165) is 0 Å². The van der Waals surface area contributed by atoms with Crippen LogP contribution in [0, 0.1) is 17.5 Å². The predicted molar refractivity (Wildman–Crippen MR) is 79.0 cm³/mol. The Bertz CT molecular complexity index is 789. The van der Waals surface area contributed by atoms with Gasteiger partial charge in [0.1, 0.15) is 16.4 Å². The van der Waals surface area contributed by atoms with Crippen LogP contribution in [0.3, 0.4) is 0 Å². The molecule has 0 spiro atoms. The summed E-state index contributed by atoms with van der Waals surface area (Å²) in [7, 11) is -4.25. The predicted octanol–water partition coefficient (Wildman–Crippen LogP) is 4.43. The first-order chi connectivity index (χ1) is 9.70. The van der Waals surface area contributed by atoms with Gasteiger partial charge in [-0.25, -0.2) is 21.6 Å². The number of sulfonamides is 1. The normalized spacial score (nSPS) is 11.5.